The molecule has 0 aromatic heterocycles. The number of nitrogens with zero attached hydrogens (tertiary/aromatic N) is 1. The first-order valence-corrected chi connectivity index (χ1v) is 6.26. The van der Waals surface area contributed by atoms with Crippen molar-refractivity contribution in [3.63, 3.8) is 0 Å². The maximum Gasteiger partial charge on any atom is 0.336 e. The fourth-order valence-electron chi connectivity index (χ4n) is 0.771. The zero-order valence-corrected chi connectivity index (χ0v) is 9.70. The van der Waals surface area contributed by atoms with E-state index in [1.165, 1.54) is 13.8 Å². The fraction of sp³-hybridized carbons (Fsp3) is 0.875. The lowest BCUT2D eigenvalue weighted by Gasteiger charge is -2.17. The van der Waals surface area contributed by atoms with Gasteiger partial charge in [-0.25, -0.2) is 0 Å². The van der Waals surface area contributed by atoms with Crippen LogP contribution in [0.25, 0.3) is 0 Å². The minimum Gasteiger partial charge on any atom is -0.411 e. The molecule has 2 N–H and O–H groups in total. The summed E-state index contributed by atoms with van der Waals surface area (Å²) in [4.78, 5) is 9.45. The lowest BCUT2D eigenvalue weighted by Crippen LogP contribution is -2.16. The molecule has 0 radical (unpaired) electrons. The van der Waals surface area contributed by atoms with Gasteiger partial charge in [0.15, 0.2) is 0 Å². The van der Waals surface area contributed by atoms with Gasteiger partial charge in [0, 0.05) is 0 Å². The predicted octanol–water partition coefficient (Wildman–Crippen LogP) is 2.23. The van der Waals surface area contributed by atoms with E-state index in [1.807, 2.05) is 6.92 Å². The van der Waals surface area contributed by atoms with Gasteiger partial charge in [0.1, 0.15) is 0 Å². The Balaban J connectivity index is 4.24. The van der Waals surface area contributed by atoms with Crippen molar-refractivity contribution >= 4 is 13.3 Å². The summed E-state index contributed by atoms with van der Waals surface area (Å²) in [5.74, 6) is 0. The Morgan fingerprint density at radius 2 is 2.21 bits per heavy atom. The summed E-state index contributed by atoms with van der Waals surface area (Å²) in [6.45, 7) is 5.21. The third-order valence-electron chi connectivity index (χ3n) is 2.03. The maximum absolute atomic E-state index is 11.5. The number of unbranched alkanes of at least 4 members (excludes halogenated alkanes) is 1. The Kier molecular flexibility index (Phi) is 6.00. The van der Waals surface area contributed by atoms with E-state index in [0.29, 0.717) is 0 Å². The second-order valence-corrected chi connectivity index (χ2v) is 5.33. The smallest absolute Gasteiger partial charge is 0.336 e. The van der Waals surface area contributed by atoms with Crippen molar-refractivity contribution in [2.45, 2.75) is 39.3 Å². The lowest BCUT2D eigenvalue weighted by atomic mass is 10.3. The molecule has 0 saturated carbocycles. The molecule has 0 aromatic rings. The van der Waals surface area contributed by atoms with E-state index < -0.39 is 13.3 Å². The van der Waals surface area contributed by atoms with E-state index in [2.05, 4.69) is 5.16 Å². The molecule has 6 heteroatoms. The van der Waals surface area contributed by atoms with Crippen molar-refractivity contribution < 1.29 is 19.2 Å². The van der Waals surface area contributed by atoms with Gasteiger partial charge in [-0.3, -0.25) is 4.57 Å². The van der Waals surface area contributed by atoms with Gasteiger partial charge in [-0.05, 0) is 20.3 Å². The van der Waals surface area contributed by atoms with Crippen LogP contribution in [0, 0.1) is 0 Å². The molecule has 0 heterocycles. The van der Waals surface area contributed by atoms with Gasteiger partial charge in [0.25, 0.3) is 0 Å². The summed E-state index contributed by atoms with van der Waals surface area (Å²) in [7, 11) is -3.68. The Hall–Kier alpha value is -0.380. The first-order valence-electron chi connectivity index (χ1n) is 4.61. The van der Waals surface area contributed by atoms with E-state index in [-0.39, 0.29) is 12.3 Å². The van der Waals surface area contributed by atoms with Crippen molar-refractivity contribution in [2.24, 2.45) is 5.16 Å². The molecule has 5 nitrogen and oxygen atoms in total. The third kappa shape index (κ3) is 4.22. The molecule has 0 bridgehead atoms. The number of oxime groups is 1. The monoisotopic (exact) mass is 223 g/mol. The third-order valence-corrected chi connectivity index (χ3v) is 3.93. The van der Waals surface area contributed by atoms with E-state index in [4.69, 9.17) is 9.73 Å². The zero-order chi connectivity index (χ0) is 11.2. The van der Waals surface area contributed by atoms with Crippen LogP contribution in [0.3, 0.4) is 0 Å². The summed E-state index contributed by atoms with van der Waals surface area (Å²) in [5, 5.41) is 11.3. The van der Waals surface area contributed by atoms with Gasteiger partial charge in [0.05, 0.1) is 18.0 Å². The highest BCUT2D eigenvalue weighted by Crippen LogP contribution is 2.47. The van der Waals surface area contributed by atoms with E-state index in [9.17, 15) is 9.46 Å². The standard InChI is InChI=1S/C8H18NO4P/c1-4-5-6-13-14(11,12)8(3)7(2)9-10/h8,10H,4-6H2,1-3H3,(H,11,12). The molecule has 0 fully saturated rings. The molecule has 2 atom stereocenters. The van der Waals surface area contributed by atoms with E-state index >= 15 is 0 Å². The fourth-order valence-corrected chi connectivity index (χ4v) is 1.91. The Labute approximate surface area is 84.3 Å². The molecule has 0 amide bonds. The summed E-state index contributed by atoms with van der Waals surface area (Å²) in [6.07, 6.45) is 1.65. The minimum absolute atomic E-state index is 0.201. The normalized spacial score (nSPS) is 19.0. The first-order chi connectivity index (χ1) is 6.45. The molecular formula is C8H18NO4P. The van der Waals surface area contributed by atoms with Crippen molar-refractivity contribution in [3.8, 4) is 0 Å². The van der Waals surface area contributed by atoms with Gasteiger partial charge in [-0.15, -0.1) is 0 Å². The van der Waals surface area contributed by atoms with Crippen LogP contribution in [-0.2, 0) is 9.09 Å². The van der Waals surface area contributed by atoms with Crippen molar-refractivity contribution in [2.75, 3.05) is 6.61 Å². The molecule has 0 aliphatic heterocycles. The molecule has 0 rings (SSSR count). The minimum atomic E-state index is -3.68. The lowest BCUT2D eigenvalue weighted by molar-refractivity contribution is 0.252. The molecule has 14 heavy (non-hydrogen) atoms. The molecule has 84 valence electrons. The van der Waals surface area contributed by atoms with Crippen LogP contribution in [0.1, 0.15) is 33.6 Å². The number of hydrogen-bond donors (Lipinski definition) is 2. The Morgan fingerprint density at radius 1 is 1.64 bits per heavy atom. The second kappa shape index (κ2) is 6.17. The molecule has 0 spiro atoms. The Bertz CT molecular complexity index is 241. The molecule has 0 aromatic carbocycles. The van der Waals surface area contributed by atoms with Gasteiger partial charge in [-0.1, -0.05) is 18.5 Å². The average molecular weight is 223 g/mol. The van der Waals surface area contributed by atoms with Crippen LogP contribution in [0.2, 0.25) is 0 Å². The van der Waals surface area contributed by atoms with Crippen molar-refractivity contribution in [3.05, 3.63) is 0 Å². The highest BCUT2D eigenvalue weighted by Gasteiger charge is 2.30. The summed E-state index contributed by atoms with van der Waals surface area (Å²) >= 11 is 0. The molecular weight excluding hydrogens is 205 g/mol. The zero-order valence-electron chi connectivity index (χ0n) is 8.80. The van der Waals surface area contributed by atoms with E-state index in [1.54, 1.807) is 0 Å². The highest BCUT2D eigenvalue weighted by atomic mass is 31.2. The van der Waals surface area contributed by atoms with Crippen LogP contribution < -0.4 is 0 Å². The maximum atomic E-state index is 11.5. The van der Waals surface area contributed by atoms with Crippen LogP contribution in [0.15, 0.2) is 5.16 Å². The summed E-state index contributed by atoms with van der Waals surface area (Å²) in [5.41, 5.74) is -0.559. The van der Waals surface area contributed by atoms with Gasteiger partial charge < -0.3 is 14.6 Å². The first kappa shape index (κ1) is 13.6. The largest absolute Gasteiger partial charge is 0.411 e. The predicted molar refractivity (Wildman–Crippen MR) is 55.0 cm³/mol. The summed E-state index contributed by atoms with van der Waals surface area (Å²) < 4.78 is 16.4. The highest BCUT2D eigenvalue weighted by molar-refractivity contribution is 7.54. The number of hydrogen-bond acceptors (Lipinski definition) is 4. The van der Waals surface area contributed by atoms with Gasteiger partial charge in [0.2, 0.25) is 0 Å². The summed E-state index contributed by atoms with van der Waals surface area (Å²) in [6, 6.07) is 0. The van der Waals surface area contributed by atoms with Crippen molar-refractivity contribution in [1.82, 2.24) is 0 Å². The van der Waals surface area contributed by atoms with Crippen LogP contribution in [0.4, 0.5) is 0 Å². The van der Waals surface area contributed by atoms with Crippen LogP contribution >= 0.6 is 7.60 Å². The quantitative estimate of drug-likeness (QED) is 0.238. The van der Waals surface area contributed by atoms with Gasteiger partial charge >= 0.3 is 7.60 Å². The average Bonchev–Trinajstić information content (AvgIpc) is 2.15. The molecule has 2 unspecified atom stereocenters. The topological polar surface area (TPSA) is 79.1 Å². The molecule has 0 aliphatic carbocycles. The van der Waals surface area contributed by atoms with Crippen LogP contribution in [0.5, 0.6) is 0 Å². The molecule has 0 saturated heterocycles. The van der Waals surface area contributed by atoms with Crippen molar-refractivity contribution in [1.29, 1.82) is 0 Å². The molecule has 0 aliphatic rings. The van der Waals surface area contributed by atoms with E-state index in [0.717, 1.165) is 12.8 Å². The SMILES string of the molecule is CCCCOP(=O)(O)C(C)C(C)=NO. The van der Waals surface area contributed by atoms with Crippen LogP contribution in [-0.4, -0.2) is 28.1 Å². The number of rotatable bonds is 6. The van der Waals surface area contributed by atoms with Gasteiger partial charge in [-0.2, -0.15) is 0 Å². The second-order valence-electron chi connectivity index (χ2n) is 3.17. The Morgan fingerprint density at radius 3 is 2.64 bits per heavy atom.